The fraction of sp³-hybridized carbons (Fsp3) is 0.308. The van der Waals surface area contributed by atoms with Crippen LogP contribution in [0, 0.1) is 18.8 Å². The fourth-order valence-corrected chi connectivity index (χ4v) is 1.35. The Labute approximate surface area is 89.9 Å². The average Bonchev–Trinajstić information content (AvgIpc) is 2.21. The number of rotatable bonds is 3. The number of aliphatic carboxylic acids is 1. The summed E-state index contributed by atoms with van der Waals surface area (Å²) in [7, 11) is 0. The van der Waals surface area contributed by atoms with Crippen molar-refractivity contribution in [3.8, 4) is 11.8 Å². The summed E-state index contributed by atoms with van der Waals surface area (Å²) in [5.74, 6) is 4.20. The lowest BCUT2D eigenvalue weighted by atomic mass is 9.95. The zero-order valence-electron chi connectivity index (χ0n) is 8.95. The van der Waals surface area contributed by atoms with E-state index in [1.807, 2.05) is 31.2 Å². The number of benzene rings is 1. The largest absolute Gasteiger partial charge is 0.481 e. The predicted molar refractivity (Wildman–Crippen MR) is 59.6 cm³/mol. The van der Waals surface area contributed by atoms with Crippen molar-refractivity contribution in [1.29, 1.82) is 0 Å². The Bertz CT molecular complexity index is 393. The van der Waals surface area contributed by atoms with Crippen LogP contribution in [0.4, 0.5) is 0 Å². The minimum absolute atomic E-state index is 0.370. The van der Waals surface area contributed by atoms with Crippen LogP contribution in [0.1, 0.15) is 30.4 Å². The SMILES string of the molecule is CC#CCC(C(=O)O)c1ccc(C)cc1. The van der Waals surface area contributed by atoms with Gasteiger partial charge in [0.25, 0.3) is 0 Å². The van der Waals surface area contributed by atoms with Crippen LogP contribution in [-0.2, 0) is 4.79 Å². The quantitative estimate of drug-likeness (QED) is 0.765. The summed E-state index contributed by atoms with van der Waals surface area (Å²) in [6, 6.07) is 7.55. The molecular weight excluding hydrogens is 188 g/mol. The molecule has 2 nitrogen and oxygen atoms in total. The van der Waals surface area contributed by atoms with Crippen LogP contribution in [0.5, 0.6) is 0 Å². The average molecular weight is 202 g/mol. The fourth-order valence-electron chi connectivity index (χ4n) is 1.35. The van der Waals surface area contributed by atoms with Crippen LogP contribution in [-0.4, -0.2) is 11.1 Å². The maximum atomic E-state index is 11.0. The molecule has 1 aromatic rings. The van der Waals surface area contributed by atoms with Gasteiger partial charge in [-0.15, -0.1) is 11.8 Å². The lowest BCUT2D eigenvalue weighted by molar-refractivity contribution is -0.138. The Kier molecular flexibility index (Phi) is 3.93. The van der Waals surface area contributed by atoms with Gasteiger partial charge < -0.3 is 5.11 Å². The summed E-state index contributed by atoms with van der Waals surface area (Å²) >= 11 is 0. The smallest absolute Gasteiger partial charge is 0.311 e. The van der Waals surface area contributed by atoms with Gasteiger partial charge in [-0.1, -0.05) is 29.8 Å². The highest BCUT2D eigenvalue weighted by molar-refractivity contribution is 5.76. The highest BCUT2D eigenvalue weighted by Gasteiger charge is 2.17. The first kappa shape index (κ1) is 11.3. The molecule has 0 aliphatic heterocycles. The van der Waals surface area contributed by atoms with E-state index in [4.69, 9.17) is 5.11 Å². The Morgan fingerprint density at radius 3 is 2.47 bits per heavy atom. The van der Waals surface area contributed by atoms with Crippen LogP contribution in [0.25, 0.3) is 0 Å². The number of carbonyl (C=O) groups is 1. The van der Waals surface area contributed by atoms with E-state index in [2.05, 4.69) is 11.8 Å². The molecule has 0 fully saturated rings. The van der Waals surface area contributed by atoms with Crippen molar-refractivity contribution in [2.24, 2.45) is 0 Å². The molecule has 0 heterocycles. The van der Waals surface area contributed by atoms with E-state index in [0.717, 1.165) is 11.1 Å². The van der Waals surface area contributed by atoms with Crippen molar-refractivity contribution < 1.29 is 9.90 Å². The van der Waals surface area contributed by atoms with Gasteiger partial charge in [0.1, 0.15) is 0 Å². The van der Waals surface area contributed by atoms with Gasteiger partial charge in [0.2, 0.25) is 0 Å². The highest BCUT2D eigenvalue weighted by Crippen LogP contribution is 2.19. The molecule has 0 bridgehead atoms. The molecule has 2 heteroatoms. The summed E-state index contributed by atoms with van der Waals surface area (Å²) < 4.78 is 0. The van der Waals surface area contributed by atoms with E-state index < -0.39 is 11.9 Å². The van der Waals surface area contributed by atoms with Crippen LogP contribution >= 0.6 is 0 Å². The molecule has 15 heavy (non-hydrogen) atoms. The van der Waals surface area contributed by atoms with Crippen molar-refractivity contribution in [3.63, 3.8) is 0 Å². The standard InChI is InChI=1S/C13H14O2/c1-3-4-5-12(13(14)15)11-8-6-10(2)7-9-11/h6-9,12H,5H2,1-2H3,(H,14,15). The van der Waals surface area contributed by atoms with Crippen molar-refractivity contribution in [1.82, 2.24) is 0 Å². The molecule has 0 saturated heterocycles. The molecular formula is C13H14O2. The Balaban J connectivity index is 2.92. The van der Waals surface area contributed by atoms with Gasteiger partial charge in [-0.05, 0) is 19.4 Å². The molecule has 0 spiro atoms. The van der Waals surface area contributed by atoms with Crippen LogP contribution < -0.4 is 0 Å². The second kappa shape index (κ2) is 5.21. The second-order valence-corrected chi connectivity index (χ2v) is 3.43. The third kappa shape index (κ3) is 3.14. The topological polar surface area (TPSA) is 37.3 Å². The maximum absolute atomic E-state index is 11.0. The number of hydrogen-bond donors (Lipinski definition) is 1. The van der Waals surface area contributed by atoms with Crippen molar-refractivity contribution in [3.05, 3.63) is 35.4 Å². The minimum atomic E-state index is -0.818. The first-order valence-corrected chi connectivity index (χ1v) is 4.84. The van der Waals surface area contributed by atoms with Crippen LogP contribution in [0.3, 0.4) is 0 Å². The summed E-state index contributed by atoms with van der Waals surface area (Å²) in [6.45, 7) is 3.69. The third-order valence-electron chi connectivity index (χ3n) is 2.26. The molecule has 1 rings (SSSR count). The van der Waals surface area contributed by atoms with E-state index in [0.29, 0.717) is 6.42 Å². The zero-order valence-corrected chi connectivity index (χ0v) is 8.95. The van der Waals surface area contributed by atoms with E-state index >= 15 is 0 Å². The summed E-state index contributed by atoms with van der Waals surface area (Å²) in [4.78, 5) is 11.0. The second-order valence-electron chi connectivity index (χ2n) is 3.43. The predicted octanol–water partition coefficient (Wildman–Crippen LogP) is 2.58. The van der Waals surface area contributed by atoms with Crippen molar-refractivity contribution in [2.45, 2.75) is 26.2 Å². The summed E-state index contributed by atoms with van der Waals surface area (Å²) in [6.07, 6.45) is 0.370. The zero-order chi connectivity index (χ0) is 11.3. The van der Waals surface area contributed by atoms with E-state index in [9.17, 15) is 4.79 Å². The minimum Gasteiger partial charge on any atom is -0.481 e. The van der Waals surface area contributed by atoms with Gasteiger partial charge in [-0.3, -0.25) is 4.79 Å². The summed E-state index contributed by atoms with van der Waals surface area (Å²) in [5.41, 5.74) is 1.94. The molecule has 0 amide bonds. The Hall–Kier alpha value is -1.75. The third-order valence-corrected chi connectivity index (χ3v) is 2.26. The lowest BCUT2D eigenvalue weighted by Crippen LogP contribution is -2.10. The molecule has 1 unspecified atom stereocenters. The van der Waals surface area contributed by atoms with E-state index in [-0.39, 0.29) is 0 Å². The molecule has 1 N–H and O–H groups in total. The van der Waals surface area contributed by atoms with E-state index in [1.54, 1.807) is 6.92 Å². The molecule has 1 aromatic carbocycles. The monoisotopic (exact) mass is 202 g/mol. The van der Waals surface area contributed by atoms with Gasteiger partial charge in [0, 0.05) is 6.42 Å². The van der Waals surface area contributed by atoms with Gasteiger partial charge in [-0.2, -0.15) is 0 Å². The molecule has 78 valence electrons. The van der Waals surface area contributed by atoms with Crippen LogP contribution in [0.15, 0.2) is 24.3 Å². The first-order chi connectivity index (χ1) is 7.15. The van der Waals surface area contributed by atoms with Crippen molar-refractivity contribution in [2.75, 3.05) is 0 Å². The van der Waals surface area contributed by atoms with Gasteiger partial charge in [0.05, 0.1) is 5.92 Å². The Morgan fingerprint density at radius 2 is 2.00 bits per heavy atom. The Morgan fingerprint density at radius 1 is 1.40 bits per heavy atom. The number of aryl methyl sites for hydroxylation is 1. The number of carboxylic acids is 1. The first-order valence-electron chi connectivity index (χ1n) is 4.84. The van der Waals surface area contributed by atoms with Crippen LogP contribution in [0.2, 0.25) is 0 Å². The summed E-state index contributed by atoms with van der Waals surface area (Å²) in [5, 5.41) is 9.05. The van der Waals surface area contributed by atoms with Gasteiger partial charge in [0.15, 0.2) is 0 Å². The maximum Gasteiger partial charge on any atom is 0.311 e. The van der Waals surface area contributed by atoms with Gasteiger partial charge in [-0.25, -0.2) is 0 Å². The molecule has 1 atom stereocenters. The van der Waals surface area contributed by atoms with Gasteiger partial charge >= 0.3 is 5.97 Å². The number of hydrogen-bond acceptors (Lipinski definition) is 1. The molecule has 0 radical (unpaired) electrons. The number of carboxylic acid groups (broad SMARTS) is 1. The van der Waals surface area contributed by atoms with Crippen molar-refractivity contribution >= 4 is 5.97 Å². The molecule has 0 aliphatic rings. The van der Waals surface area contributed by atoms with E-state index in [1.165, 1.54) is 0 Å². The molecule has 0 saturated carbocycles. The molecule has 0 aromatic heterocycles. The highest BCUT2D eigenvalue weighted by atomic mass is 16.4. The normalized spacial score (nSPS) is 11.3. The molecule has 0 aliphatic carbocycles. The lowest BCUT2D eigenvalue weighted by Gasteiger charge is -2.09.